The number of benzene rings is 3. The molecule has 3 rings (SSSR count). The first-order valence-corrected chi connectivity index (χ1v) is 9.63. The molecule has 0 atom stereocenters. The fourth-order valence-electron chi connectivity index (χ4n) is 2.73. The van der Waals surface area contributed by atoms with Crippen molar-refractivity contribution in [1.29, 1.82) is 0 Å². The summed E-state index contributed by atoms with van der Waals surface area (Å²) in [6.45, 7) is 3.86. The van der Waals surface area contributed by atoms with Crippen molar-refractivity contribution in [3.63, 3.8) is 0 Å². The second-order valence-corrected chi connectivity index (χ2v) is 6.96. The molecule has 7 nitrogen and oxygen atoms in total. The standard InChI is InChI=1S/C24H23N3O4/c1-16-9-10-20(11-17(16)2)26-23(29)15-31-22-8-3-5-18(12-22)14-25-27-24(30)19-6-4-7-21(28)13-19/h3-14,28H,15H2,1-2H3,(H,26,29)(H,27,30)/b25-14+. The maximum Gasteiger partial charge on any atom is 0.271 e. The van der Waals surface area contributed by atoms with Crippen LogP contribution in [-0.4, -0.2) is 29.7 Å². The summed E-state index contributed by atoms with van der Waals surface area (Å²) in [4.78, 5) is 24.2. The van der Waals surface area contributed by atoms with Crippen LogP contribution in [0, 0.1) is 13.8 Å². The van der Waals surface area contributed by atoms with E-state index in [-0.39, 0.29) is 18.3 Å². The summed E-state index contributed by atoms with van der Waals surface area (Å²) in [5.74, 6) is -0.204. The van der Waals surface area contributed by atoms with Crippen LogP contribution >= 0.6 is 0 Å². The molecule has 0 aliphatic rings. The zero-order valence-corrected chi connectivity index (χ0v) is 17.3. The van der Waals surface area contributed by atoms with Gasteiger partial charge >= 0.3 is 0 Å². The van der Waals surface area contributed by atoms with E-state index in [0.29, 0.717) is 16.9 Å². The molecule has 0 aliphatic carbocycles. The van der Waals surface area contributed by atoms with Gasteiger partial charge in [-0.3, -0.25) is 9.59 Å². The lowest BCUT2D eigenvalue weighted by atomic mass is 10.1. The lowest BCUT2D eigenvalue weighted by Gasteiger charge is -2.09. The number of carbonyl (C=O) groups is 2. The molecule has 158 valence electrons. The molecule has 0 saturated heterocycles. The van der Waals surface area contributed by atoms with Crippen molar-refractivity contribution >= 4 is 23.7 Å². The minimum absolute atomic E-state index is 0.00280. The second-order valence-electron chi connectivity index (χ2n) is 6.96. The van der Waals surface area contributed by atoms with Crippen molar-refractivity contribution in [1.82, 2.24) is 5.43 Å². The average Bonchev–Trinajstić information content (AvgIpc) is 2.75. The Labute approximate surface area is 180 Å². The molecule has 0 heterocycles. The number of hydrazone groups is 1. The molecule has 0 spiro atoms. The number of phenolic OH excluding ortho intramolecular Hbond substituents is 1. The zero-order chi connectivity index (χ0) is 22.2. The third-order valence-corrected chi connectivity index (χ3v) is 4.51. The molecule has 3 N–H and O–H groups in total. The lowest BCUT2D eigenvalue weighted by molar-refractivity contribution is -0.118. The monoisotopic (exact) mass is 417 g/mol. The van der Waals surface area contributed by atoms with Crippen molar-refractivity contribution in [2.75, 3.05) is 11.9 Å². The highest BCUT2D eigenvalue weighted by molar-refractivity contribution is 5.95. The Hall–Kier alpha value is -4.13. The highest BCUT2D eigenvalue weighted by Crippen LogP contribution is 2.15. The number of rotatable bonds is 7. The van der Waals surface area contributed by atoms with E-state index in [1.807, 2.05) is 32.0 Å². The number of carbonyl (C=O) groups excluding carboxylic acids is 2. The molecule has 7 heteroatoms. The zero-order valence-electron chi connectivity index (χ0n) is 17.3. The van der Waals surface area contributed by atoms with Crippen molar-refractivity contribution in [3.05, 3.63) is 89.0 Å². The maximum absolute atomic E-state index is 12.1. The van der Waals surface area contributed by atoms with Gasteiger partial charge in [0.15, 0.2) is 6.61 Å². The van der Waals surface area contributed by atoms with Crippen LogP contribution in [0.2, 0.25) is 0 Å². The number of anilines is 1. The van der Waals surface area contributed by atoms with Crippen LogP contribution in [-0.2, 0) is 4.79 Å². The first kappa shape index (κ1) is 21.6. The third-order valence-electron chi connectivity index (χ3n) is 4.51. The van der Waals surface area contributed by atoms with Crippen molar-refractivity contribution in [2.45, 2.75) is 13.8 Å². The summed E-state index contributed by atoms with van der Waals surface area (Å²) in [5.41, 5.74) is 6.35. The molecule has 0 saturated carbocycles. The molecular formula is C24H23N3O4. The first-order chi connectivity index (χ1) is 14.9. The normalized spacial score (nSPS) is 10.6. The summed E-state index contributed by atoms with van der Waals surface area (Å²) in [6.07, 6.45) is 1.46. The minimum Gasteiger partial charge on any atom is -0.508 e. The fourth-order valence-corrected chi connectivity index (χ4v) is 2.73. The number of ether oxygens (including phenoxy) is 1. The molecule has 0 aromatic heterocycles. The maximum atomic E-state index is 12.1. The Kier molecular flexibility index (Phi) is 7.01. The molecule has 31 heavy (non-hydrogen) atoms. The van der Waals surface area contributed by atoms with E-state index in [1.54, 1.807) is 36.4 Å². The second kappa shape index (κ2) is 10.1. The summed E-state index contributed by atoms with van der Waals surface area (Å²) in [7, 11) is 0. The van der Waals surface area contributed by atoms with E-state index in [2.05, 4.69) is 15.8 Å². The molecular weight excluding hydrogens is 394 g/mol. The van der Waals surface area contributed by atoms with Crippen LogP contribution in [0.5, 0.6) is 11.5 Å². The summed E-state index contributed by atoms with van der Waals surface area (Å²) in [5, 5.41) is 16.1. The van der Waals surface area contributed by atoms with Gasteiger partial charge in [0, 0.05) is 11.3 Å². The van der Waals surface area contributed by atoms with Crippen molar-refractivity contribution in [3.8, 4) is 11.5 Å². The number of phenols is 1. The Bertz CT molecular complexity index is 1130. The highest BCUT2D eigenvalue weighted by atomic mass is 16.5. The molecule has 3 aromatic rings. The lowest BCUT2D eigenvalue weighted by Crippen LogP contribution is -2.20. The van der Waals surface area contributed by atoms with Crippen LogP contribution in [0.25, 0.3) is 0 Å². The largest absolute Gasteiger partial charge is 0.508 e. The van der Waals surface area contributed by atoms with Gasteiger partial charge in [0.25, 0.3) is 11.8 Å². The third kappa shape index (κ3) is 6.43. The van der Waals surface area contributed by atoms with Gasteiger partial charge in [0.2, 0.25) is 0 Å². The quantitative estimate of drug-likeness (QED) is 0.402. The smallest absolute Gasteiger partial charge is 0.271 e. The fraction of sp³-hybridized carbons (Fsp3) is 0.125. The van der Waals surface area contributed by atoms with E-state index in [0.717, 1.165) is 16.8 Å². The van der Waals surface area contributed by atoms with E-state index in [9.17, 15) is 14.7 Å². The summed E-state index contributed by atoms with van der Waals surface area (Å²) in [6, 6.07) is 18.7. The van der Waals surface area contributed by atoms with Gasteiger partial charge in [-0.2, -0.15) is 5.10 Å². The molecule has 2 amide bonds. The van der Waals surface area contributed by atoms with E-state index in [1.165, 1.54) is 18.3 Å². The molecule has 0 radical (unpaired) electrons. The number of aryl methyl sites for hydroxylation is 2. The first-order valence-electron chi connectivity index (χ1n) is 9.63. The number of hydrogen-bond donors (Lipinski definition) is 3. The number of nitrogens with one attached hydrogen (secondary N) is 2. The Morgan fingerprint density at radius 3 is 2.58 bits per heavy atom. The van der Waals surface area contributed by atoms with Crippen LogP contribution in [0.3, 0.4) is 0 Å². The van der Waals surface area contributed by atoms with Gasteiger partial charge in [0.1, 0.15) is 11.5 Å². The van der Waals surface area contributed by atoms with Gasteiger partial charge in [-0.1, -0.05) is 24.3 Å². The van der Waals surface area contributed by atoms with Crippen LogP contribution in [0.1, 0.15) is 27.0 Å². The Balaban J connectivity index is 1.52. The topological polar surface area (TPSA) is 100 Å². The van der Waals surface area contributed by atoms with Crippen LogP contribution in [0.15, 0.2) is 71.8 Å². The number of amides is 2. The minimum atomic E-state index is -0.442. The van der Waals surface area contributed by atoms with Gasteiger partial charge in [-0.15, -0.1) is 0 Å². The Morgan fingerprint density at radius 2 is 1.81 bits per heavy atom. The number of hydrogen-bond acceptors (Lipinski definition) is 5. The van der Waals surface area contributed by atoms with E-state index < -0.39 is 5.91 Å². The van der Waals surface area contributed by atoms with Gasteiger partial charge in [-0.05, 0) is 73.0 Å². The molecule has 3 aromatic carbocycles. The highest BCUT2D eigenvalue weighted by Gasteiger charge is 2.06. The molecule has 0 aliphatic heterocycles. The molecule has 0 unspecified atom stereocenters. The van der Waals surface area contributed by atoms with E-state index in [4.69, 9.17) is 4.74 Å². The Morgan fingerprint density at radius 1 is 1.00 bits per heavy atom. The average molecular weight is 417 g/mol. The molecule has 0 bridgehead atoms. The SMILES string of the molecule is Cc1ccc(NC(=O)COc2cccc(/C=N/NC(=O)c3cccc(O)c3)c2)cc1C. The van der Waals surface area contributed by atoms with Crippen LogP contribution < -0.4 is 15.5 Å². The van der Waals surface area contributed by atoms with Gasteiger partial charge < -0.3 is 15.2 Å². The predicted molar refractivity (Wildman–Crippen MR) is 120 cm³/mol. The van der Waals surface area contributed by atoms with Crippen LogP contribution in [0.4, 0.5) is 5.69 Å². The molecule has 0 fully saturated rings. The number of nitrogens with zero attached hydrogens (tertiary/aromatic N) is 1. The van der Waals surface area contributed by atoms with Crippen molar-refractivity contribution < 1.29 is 19.4 Å². The number of aromatic hydroxyl groups is 1. The predicted octanol–water partition coefficient (Wildman–Crippen LogP) is 3.79. The summed E-state index contributed by atoms with van der Waals surface area (Å²) < 4.78 is 5.56. The van der Waals surface area contributed by atoms with Gasteiger partial charge in [0.05, 0.1) is 6.21 Å². The van der Waals surface area contributed by atoms with Gasteiger partial charge in [-0.25, -0.2) is 5.43 Å². The summed E-state index contributed by atoms with van der Waals surface area (Å²) >= 11 is 0. The van der Waals surface area contributed by atoms with Crippen molar-refractivity contribution in [2.24, 2.45) is 5.10 Å². The van der Waals surface area contributed by atoms with E-state index >= 15 is 0 Å².